The second kappa shape index (κ2) is 8.60. The molecule has 0 radical (unpaired) electrons. The van der Waals surface area contributed by atoms with Gasteiger partial charge in [-0.3, -0.25) is 0 Å². The van der Waals surface area contributed by atoms with E-state index in [0.29, 0.717) is 0 Å². The first-order chi connectivity index (χ1) is 8.42. The third-order valence-electron chi connectivity index (χ3n) is 2.77. The average molecular weight is 348 g/mol. The van der Waals surface area contributed by atoms with Crippen molar-refractivity contribution in [2.75, 3.05) is 6.16 Å². The van der Waals surface area contributed by atoms with Crippen molar-refractivity contribution >= 4 is 18.5 Å². The molecule has 0 spiro atoms. The quantitative estimate of drug-likeness (QED) is 0.439. The van der Waals surface area contributed by atoms with Crippen molar-refractivity contribution in [1.29, 1.82) is 0 Å². The van der Waals surface area contributed by atoms with Crippen LogP contribution in [0.15, 0.2) is 60.7 Å². The van der Waals surface area contributed by atoms with E-state index in [0.717, 1.165) is 6.42 Å². The Balaban J connectivity index is 0.00000162. The summed E-state index contributed by atoms with van der Waals surface area (Å²) >= 11 is 0. The van der Waals surface area contributed by atoms with Crippen molar-refractivity contribution in [3.05, 3.63) is 67.6 Å². The summed E-state index contributed by atoms with van der Waals surface area (Å²) in [6.45, 7) is 3.96. The van der Waals surface area contributed by atoms with Crippen LogP contribution in [0.25, 0.3) is 0 Å². The Hall–Kier alpha value is -0.468. The molecule has 2 rings (SSSR count). The molecule has 0 heterocycles. The molecule has 0 aliphatic carbocycles. The van der Waals surface area contributed by atoms with Crippen LogP contribution < -0.4 is 10.6 Å². The second-order valence-corrected chi connectivity index (χ2v) is 6.37. The third kappa shape index (κ3) is 4.33. The molecule has 0 saturated heterocycles. The first kappa shape index (κ1) is 15.6. The number of benzene rings is 2. The Morgan fingerprint density at radius 2 is 1.22 bits per heavy atom. The first-order valence-electron chi connectivity index (χ1n) is 6.08. The Morgan fingerprint density at radius 3 is 1.61 bits per heavy atom. The third-order valence-corrected chi connectivity index (χ3v) is 5.37. The van der Waals surface area contributed by atoms with Gasteiger partial charge >= 0.3 is 0 Å². The summed E-state index contributed by atoms with van der Waals surface area (Å²) in [5, 5.41) is 2.95. The average Bonchev–Trinajstić information content (AvgIpc) is 2.42. The van der Waals surface area contributed by atoms with Gasteiger partial charge in [0.2, 0.25) is 0 Å². The van der Waals surface area contributed by atoms with E-state index in [4.69, 9.17) is 0 Å². The molecule has 0 aliphatic rings. The first-order valence-corrected chi connectivity index (χ1v) is 7.61. The maximum absolute atomic E-state index is 3.96. The van der Waals surface area contributed by atoms with Gasteiger partial charge in [0.15, 0.2) is 0 Å². The minimum absolute atomic E-state index is 0. The van der Waals surface area contributed by atoms with Crippen LogP contribution in [0.4, 0.5) is 0 Å². The maximum atomic E-state index is 3.96. The SMILES string of the molecule is [CH2-]CCCP(c1ccccc1)c1ccccc1.[Pd]. The van der Waals surface area contributed by atoms with E-state index in [-0.39, 0.29) is 28.3 Å². The molecule has 0 bridgehead atoms. The van der Waals surface area contributed by atoms with Crippen molar-refractivity contribution in [2.24, 2.45) is 0 Å². The summed E-state index contributed by atoms with van der Waals surface area (Å²) in [6, 6.07) is 21.7. The van der Waals surface area contributed by atoms with Gasteiger partial charge in [-0.15, -0.1) is 0 Å². The van der Waals surface area contributed by atoms with Crippen LogP contribution in [0, 0.1) is 6.92 Å². The van der Waals surface area contributed by atoms with Crippen LogP contribution in [-0.2, 0) is 20.4 Å². The molecule has 0 aliphatic heterocycles. The van der Waals surface area contributed by atoms with Crippen LogP contribution >= 0.6 is 7.92 Å². The summed E-state index contributed by atoms with van der Waals surface area (Å²) in [5.74, 6) is 0. The Morgan fingerprint density at radius 1 is 0.778 bits per heavy atom. The van der Waals surface area contributed by atoms with E-state index >= 15 is 0 Å². The number of hydrogen-bond donors (Lipinski definition) is 0. The van der Waals surface area contributed by atoms with Gasteiger partial charge in [0.05, 0.1) is 0 Å². The van der Waals surface area contributed by atoms with E-state index in [1.807, 2.05) is 0 Å². The molecule has 0 amide bonds. The van der Waals surface area contributed by atoms with Crippen LogP contribution in [0.2, 0.25) is 0 Å². The molecule has 0 fully saturated rings. The van der Waals surface area contributed by atoms with E-state index < -0.39 is 0 Å². The van der Waals surface area contributed by atoms with Crippen molar-refractivity contribution in [3.63, 3.8) is 0 Å². The molecule has 0 atom stereocenters. The minimum Gasteiger partial charge on any atom is -0.343 e. The van der Waals surface area contributed by atoms with E-state index in [9.17, 15) is 0 Å². The van der Waals surface area contributed by atoms with E-state index in [1.165, 1.54) is 23.2 Å². The molecular weight excluding hydrogens is 330 g/mol. The van der Waals surface area contributed by atoms with E-state index in [2.05, 4.69) is 67.6 Å². The summed E-state index contributed by atoms with van der Waals surface area (Å²) in [6.07, 6.45) is 3.47. The van der Waals surface area contributed by atoms with Gasteiger partial charge in [0.25, 0.3) is 0 Å². The minimum atomic E-state index is -0.197. The Labute approximate surface area is 125 Å². The molecule has 98 valence electrons. The topological polar surface area (TPSA) is 0 Å². The molecule has 0 N–H and O–H groups in total. The molecular formula is C16H18PPd-. The summed E-state index contributed by atoms with van der Waals surface area (Å²) in [7, 11) is -0.197. The van der Waals surface area contributed by atoms with Gasteiger partial charge in [-0.25, -0.2) is 0 Å². The Bertz CT molecular complexity index is 388. The van der Waals surface area contributed by atoms with Gasteiger partial charge < -0.3 is 6.92 Å². The van der Waals surface area contributed by atoms with Crippen molar-refractivity contribution in [1.82, 2.24) is 0 Å². The summed E-state index contributed by atoms with van der Waals surface area (Å²) in [4.78, 5) is 0. The predicted octanol–water partition coefficient (Wildman–Crippen LogP) is 3.73. The molecule has 18 heavy (non-hydrogen) atoms. The standard InChI is InChI=1S/C16H18P.Pd/c1-2-3-14-17(15-10-6-4-7-11-15)16-12-8-5-9-13-16;/h4-13H,1-3,14H2;/q-1;. The predicted molar refractivity (Wildman–Crippen MR) is 78.5 cm³/mol. The smallest absolute Gasteiger partial charge is 0 e. The molecule has 0 aromatic heterocycles. The van der Waals surface area contributed by atoms with Gasteiger partial charge in [-0.2, -0.15) is 6.42 Å². The second-order valence-electron chi connectivity index (χ2n) is 4.03. The van der Waals surface area contributed by atoms with Crippen molar-refractivity contribution < 1.29 is 20.4 Å². The number of hydrogen-bond acceptors (Lipinski definition) is 0. The Kier molecular flexibility index (Phi) is 7.45. The van der Waals surface area contributed by atoms with Crippen molar-refractivity contribution in [3.8, 4) is 0 Å². The van der Waals surface area contributed by atoms with Crippen LogP contribution in [0.1, 0.15) is 12.8 Å². The van der Waals surface area contributed by atoms with Crippen molar-refractivity contribution in [2.45, 2.75) is 12.8 Å². The summed E-state index contributed by atoms with van der Waals surface area (Å²) < 4.78 is 0. The normalized spacial score (nSPS) is 10.1. The van der Waals surface area contributed by atoms with Gasteiger partial charge in [0, 0.05) is 20.4 Å². The van der Waals surface area contributed by atoms with Gasteiger partial charge in [0.1, 0.15) is 0 Å². The molecule has 0 saturated carbocycles. The van der Waals surface area contributed by atoms with Gasteiger partial charge in [-0.05, 0) is 24.7 Å². The molecule has 2 aromatic rings. The van der Waals surface area contributed by atoms with E-state index in [1.54, 1.807) is 0 Å². The molecule has 0 unspecified atom stereocenters. The zero-order valence-electron chi connectivity index (χ0n) is 10.4. The number of unbranched alkanes of at least 4 members (excludes halogenated alkanes) is 1. The monoisotopic (exact) mass is 347 g/mol. The zero-order chi connectivity index (χ0) is 11.9. The zero-order valence-corrected chi connectivity index (χ0v) is 12.8. The largest absolute Gasteiger partial charge is 0.343 e. The fourth-order valence-electron chi connectivity index (χ4n) is 1.89. The van der Waals surface area contributed by atoms with Crippen LogP contribution in [0.3, 0.4) is 0 Å². The van der Waals surface area contributed by atoms with Crippen LogP contribution in [-0.4, -0.2) is 6.16 Å². The molecule has 2 heteroatoms. The van der Waals surface area contributed by atoms with Gasteiger partial charge in [-0.1, -0.05) is 67.1 Å². The van der Waals surface area contributed by atoms with Crippen LogP contribution in [0.5, 0.6) is 0 Å². The fourth-order valence-corrected chi connectivity index (χ4v) is 4.31. The molecule has 0 nitrogen and oxygen atoms in total. The summed E-state index contributed by atoms with van der Waals surface area (Å²) in [5.41, 5.74) is 0. The fraction of sp³-hybridized carbons (Fsp3) is 0.188. The number of rotatable bonds is 5. The molecule has 2 aromatic carbocycles. The maximum Gasteiger partial charge on any atom is 0 e.